The maximum absolute atomic E-state index is 5.47. The summed E-state index contributed by atoms with van der Waals surface area (Å²) >= 11 is 0. The van der Waals surface area contributed by atoms with Crippen molar-refractivity contribution < 1.29 is 0 Å². The van der Waals surface area contributed by atoms with Crippen LogP contribution in [0.3, 0.4) is 0 Å². The van der Waals surface area contributed by atoms with Crippen LogP contribution in [0.4, 0.5) is 0 Å². The summed E-state index contributed by atoms with van der Waals surface area (Å²) in [5.74, 6) is 0. The first-order chi connectivity index (χ1) is 9.41. The molecule has 0 aliphatic carbocycles. The molecule has 0 aromatic rings. The van der Waals surface area contributed by atoms with E-state index in [0.717, 1.165) is 6.54 Å². The highest BCUT2D eigenvalue weighted by Gasteiger charge is 1.90. The second kappa shape index (κ2) is 17.4. The number of nitrogens with two attached hydrogens (primary N) is 1. The molecule has 0 fully saturated rings. The van der Waals surface area contributed by atoms with Gasteiger partial charge < -0.3 is 5.73 Å². The largest absolute Gasteiger partial charge is 0.330 e. The van der Waals surface area contributed by atoms with E-state index >= 15 is 0 Å². The van der Waals surface area contributed by atoms with E-state index in [1.807, 2.05) is 0 Å². The summed E-state index contributed by atoms with van der Waals surface area (Å²) in [4.78, 5) is 0. The Morgan fingerprint density at radius 1 is 0.632 bits per heavy atom. The molecule has 0 unspecified atom stereocenters. The molecular weight excluding hydrogens is 230 g/mol. The summed E-state index contributed by atoms with van der Waals surface area (Å²) in [6, 6.07) is 0. The van der Waals surface area contributed by atoms with Crippen LogP contribution in [0.1, 0.15) is 84.0 Å². The lowest BCUT2D eigenvalue weighted by Crippen LogP contribution is -1.97. The van der Waals surface area contributed by atoms with Crippen LogP contribution < -0.4 is 5.73 Å². The Morgan fingerprint density at radius 3 is 1.63 bits per heavy atom. The predicted octanol–water partition coefficient (Wildman–Crippen LogP) is 5.76. The molecule has 2 N–H and O–H groups in total. The van der Waals surface area contributed by atoms with Crippen molar-refractivity contribution >= 4 is 0 Å². The summed E-state index contributed by atoms with van der Waals surface area (Å²) in [6.45, 7) is 3.11. The molecule has 0 aliphatic heterocycles. The topological polar surface area (TPSA) is 26.0 Å². The zero-order valence-corrected chi connectivity index (χ0v) is 13.1. The molecule has 0 atom stereocenters. The van der Waals surface area contributed by atoms with Crippen LogP contribution >= 0.6 is 0 Å². The van der Waals surface area contributed by atoms with E-state index < -0.39 is 0 Å². The van der Waals surface area contributed by atoms with Gasteiger partial charge in [-0.2, -0.15) is 0 Å². The van der Waals surface area contributed by atoms with Crippen LogP contribution in [-0.4, -0.2) is 6.54 Å². The van der Waals surface area contributed by atoms with Gasteiger partial charge in [0.2, 0.25) is 0 Å². The molecule has 0 aromatic heterocycles. The Bertz CT molecular complexity index is 206. The van der Waals surface area contributed by atoms with Crippen LogP contribution in [-0.2, 0) is 0 Å². The molecule has 112 valence electrons. The minimum atomic E-state index is 0.858. The lowest BCUT2D eigenvalue weighted by Gasteiger charge is -1.99. The number of hydrogen-bond donors (Lipinski definition) is 1. The first-order valence-corrected chi connectivity index (χ1v) is 8.43. The molecule has 1 nitrogen and oxygen atoms in total. The Kier molecular flexibility index (Phi) is 16.9. The summed E-state index contributed by atoms with van der Waals surface area (Å²) in [5, 5.41) is 0. The maximum Gasteiger partial charge on any atom is -0.00773 e. The fraction of sp³-hybridized carbons (Fsp3) is 0.778. The third-order valence-electron chi connectivity index (χ3n) is 3.43. The lowest BCUT2D eigenvalue weighted by molar-refractivity contribution is 0.584. The number of hydrogen-bond acceptors (Lipinski definition) is 1. The van der Waals surface area contributed by atoms with Crippen molar-refractivity contribution in [1.29, 1.82) is 0 Å². The van der Waals surface area contributed by atoms with Crippen molar-refractivity contribution in [3.8, 4) is 0 Å². The highest BCUT2D eigenvalue weighted by Crippen LogP contribution is 2.08. The van der Waals surface area contributed by atoms with E-state index in [0.29, 0.717) is 0 Å². The van der Waals surface area contributed by atoms with Gasteiger partial charge >= 0.3 is 0 Å². The third kappa shape index (κ3) is 17.4. The van der Waals surface area contributed by atoms with E-state index in [2.05, 4.69) is 31.2 Å². The van der Waals surface area contributed by atoms with Gasteiger partial charge in [0.25, 0.3) is 0 Å². The fourth-order valence-electron chi connectivity index (χ4n) is 2.15. The Balaban J connectivity index is 3.12. The van der Waals surface area contributed by atoms with Gasteiger partial charge in [0.1, 0.15) is 0 Å². The van der Waals surface area contributed by atoms with Crippen molar-refractivity contribution in [3.05, 3.63) is 24.3 Å². The number of unbranched alkanes of at least 4 members (excludes halogenated alkanes) is 10. The first kappa shape index (κ1) is 18.4. The monoisotopic (exact) mass is 265 g/mol. The molecule has 1 heteroatoms. The molecule has 0 heterocycles. The second-order valence-electron chi connectivity index (χ2n) is 5.40. The molecule has 0 saturated heterocycles. The second-order valence-corrected chi connectivity index (χ2v) is 5.40. The Hall–Kier alpha value is -0.560. The highest BCUT2D eigenvalue weighted by molar-refractivity contribution is 5.02. The molecule has 0 saturated carbocycles. The van der Waals surface area contributed by atoms with Crippen molar-refractivity contribution in [2.75, 3.05) is 6.54 Å². The normalized spacial score (nSPS) is 11.9. The van der Waals surface area contributed by atoms with Gasteiger partial charge in [-0.25, -0.2) is 0 Å². The SMILES string of the molecule is CCCCC/C=C\C=C/CCCCCCCCCN. The van der Waals surface area contributed by atoms with Crippen molar-refractivity contribution in [1.82, 2.24) is 0 Å². The smallest absolute Gasteiger partial charge is 0.00773 e. The van der Waals surface area contributed by atoms with E-state index in [9.17, 15) is 0 Å². The fourth-order valence-corrected chi connectivity index (χ4v) is 2.15. The van der Waals surface area contributed by atoms with Crippen LogP contribution in [0.15, 0.2) is 24.3 Å². The van der Waals surface area contributed by atoms with Gasteiger partial charge in [0.05, 0.1) is 0 Å². The van der Waals surface area contributed by atoms with E-state index in [-0.39, 0.29) is 0 Å². The van der Waals surface area contributed by atoms with E-state index in [1.54, 1.807) is 0 Å². The van der Waals surface area contributed by atoms with Crippen molar-refractivity contribution in [2.45, 2.75) is 84.0 Å². The summed E-state index contributed by atoms with van der Waals surface area (Å²) in [6.07, 6.45) is 24.9. The highest BCUT2D eigenvalue weighted by atomic mass is 14.5. The Labute approximate surface area is 121 Å². The molecule has 0 bridgehead atoms. The molecule has 19 heavy (non-hydrogen) atoms. The number of rotatable bonds is 14. The zero-order chi connectivity index (χ0) is 14.0. The van der Waals surface area contributed by atoms with Gasteiger partial charge in [0, 0.05) is 0 Å². The van der Waals surface area contributed by atoms with E-state index in [1.165, 1.54) is 77.0 Å². The number of allylic oxidation sites excluding steroid dienone is 4. The zero-order valence-electron chi connectivity index (χ0n) is 13.1. The third-order valence-corrected chi connectivity index (χ3v) is 3.43. The summed E-state index contributed by atoms with van der Waals surface area (Å²) in [7, 11) is 0. The lowest BCUT2D eigenvalue weighted by atomic mass is 10.1. The minimum Gasteiger partial charge on any atom is -0.330 e. The van der Waals surface area contributed by atoms with Gasteiger partial charge in [0.15, 0.2) is 0 Å². The maximum atomic E-state index is 5.47. The Morgan fingerprint density at radius 2 is 1.11 bits per heavy atom. The molecule has 0 spiro atoms. The average molecular weight is 265 g/mol. The summed E-state index contributed by atoms with van der Waals surface area (Å²) < 4.78 is 0. The van der Waals surface area contributed by atoms with Crippen LogP contribution in [0.2, 0.25) is 0 Å². The van der Waals surface area contributed by atoms with Crippen molar-refractivity contribution in [2.24, 2.45) is 5.73 Å². The van der Waals surface area contributed by atoms with E-state index in [4.69, 9.17) is 5.73 Å². The van der Waals surface area contributed by atoms with Gasteiger partial charge in [-0.1, -0.05) is 76.2 Å². The quantitative estimate of drug-likeness (QED) is 0.314. The van der Waals surface area contributed by atoms with Crippen LogP contribution in [0.25, 0.3) is 0 Å². The average Bonchev–Trinajstić information content (AvgIpc) is 2.43. The van der Waals surface area contributed by atoms with Crippen molar-refractivity contribution in [3.63, 3.8) is 0 Å². The molecule has 0 rings (SSSR count). The molecular formula is C18H35N. The first-order valence-electron chi connectivity index (χ1n) is 8.43. The van der Waals surface area contributed by atoms with Gasteiger partial charge in [-0.3, -0.25) is 0 Å². The summed E-state index contributed by atoms with van der Waals surface area (Å²) in [5.41, 5.74) is 5.47. The molecule has 0 aromatic carbocycles. The van der Waals surface area contributed by atoms with Crippen LogP contribution in [0.5, 0.6) is 0 Å². The predicted molar refractivity (Wildman–Crippen MR) is 88.4 cm³/mol. The molecule has 0 amide bonds. The minimum absolute atomic E-state index is 0.858. The molecule has 0 radical (unpaired) electrons. The van der Waals surface area contributed by atoms with Gasteiger partial charge in [-0.15, -0.1) is 0 Å². The van der Waals surface area contributed by atoms with Crippen LogP contribution in [0, 0.1) is 0 Å². The van der Waals surface area contributed by atoms with Gasteiger partial charge in [-0.05, 0) is 38.6 Å². The standard InChI is InChI=1S/C18H35N/c1-2-3-4-5-6-7-8-9-10-11-12-13-14-15-16-17-18-19/h6-9H,2-5,10-19H2,1H3/b7-6-,9-8-. The molecule has 0 aliphatic rings.